The van der Waals surface area contributed by atoms with Gasteiger partial charge in [-0.05, 0) is 48.9 Å². The Labute approximate surface area is 122 Å². The van der Waals surface area contributed by atoms with E-state index in [0.717, 1.165) is 17.8 Å². The van der Waals surface area contributed by atoms with Gasteiger partial charge in [-0.1, -0.05) is 72.8 Å². The maximum atomic E-state index is 3.93. The summed E-state index contributed by atoms with van der Waals surface area (Å²) >= 11 is 0. The Morgan fingerprint density at radius 2 is 1.63 bits per heavy atom. The largest absolute Gasteiger partial charge is 0.0988 e. The van der Waals surface area contributed by atoms with Gasteiger partial charge >= 0.3 is 0 Å². The molecule has 0 aromatic heterocycles. The van der Waals surface area contributed by atoms with Crippen molar-refractivity contribution in [3.05, 3.63) is 24.3 Å². The van der Waals surface area contributed by atoms with Crippen LogP contribution in [0.25, 0.3) is 0 Å². The zero-order valence-electron chi connectivity index (χ0n) is 14.6. The van der Waals surface area contributed by atoms with E-state index in [1.54, 1.807) is 0 Å². The average molecular weight is 264 g/mol. The highest BCUT2D eigenvalue weighted by Crippen LogP contribution is 2.40. The summed E-state index contributed by atoms with van der Waals surface area (Å²) in [4.78, 5) is 0. The van der Waals surface area contributed by atoms with Gasteiger partial charge in [-0.15, -0.1) is 0 Å². The Morgan fingerprint density at radius 3 is 2.00 bits per heavy atom. The van der Waals surface area contributed by atoms with Crippen LogP contribution in [0.1, 0.15) is 68.2 Å². The van der Waals surface area contributed by atoms with Gasteiger partial charge in [-0.2, -0.15) is 0 Å². The van der Waals surface area contributed by atoms with E-state index < -0.39 is 0 Å². The van der Waals surface area contributed by atoms with Crippen LogP contribution >= 0.6 is 0 Å². The van der Waals surface area contributed by atoms with Crippen LogP contribution in [0.5, 0.6) is 0 Å². The van der Waals surface area contributed by atoms with Crippen LogP contribution in [-0.4, -0.2) is 0 Å². The molecule has 0 saturated heterocycles. The van der Waals surface area contributed by atoms with Gasteiger partial charge in [0.15, 0.2) is 0 Å². The van der Waals surface area contributed by atoms with Crippen molar-refractivity contribution < 1.29 is 0 Å². The maximum absolute atomic E-state index is 3.93. The van der Waals surface area contributed by atoms with Crippen LogP contribution in [0.2, 0.25) is 0 Å². The monoisotopic (exact) mass is 264 g/mol. The quantitative estimate of drug-likeness (QED) is 0.439. The highest BCUT2D eigenvalue weighted by molar-refractivity contribution is 5.18. The van der Waals surface area contributed by atoms with Crippen molar-refractivity contribution in [1.82, 2.24) is 0 Å². The van der Waals surface area contributed by atoms with Crippen molar-refractivity contribution in [2.24, 2.45) is 29.1 Å². The van der Waals surface area contributed by atoms with Crippen LogP contribution in [0.4, 0.5) is 0 Å². The molecule has 0 rings (SSSR count). The van der Waals surface area contributed by atoms with Crippen LogP contribution in [-0.2, 0) is 0 Å². The van der Waals surface area contributed by atoms with Gasteiger partial charge in [0, 0.05) is 0 Å². The lowest BCUT2D eigenvalue weighted by Crippen LogP contribution is -2.27. The minimum absolute atomic E-state index is 0.389. The van der Waals surface area contributed by atoms with Crippen LogP contribution in [0, 0.1) is 29.1 Å². The van der Waals surface area contributed by atoms with Gasteiger partial charge in [-0.25, -0.2) is 0 Å². The molecule has 112 valence electrons. The van der Waals surface area contributed by atoms with Gasteiger partial charge in [0.1, 0.15) is 0 Å². The van der Waals surface area contributed by atoms with Crippen LogP contribution in [0.3, 0.4) is 0 Å². The maximum Gasteiger partial charge on any atom is -0.0189 e. The number of rotatable bonds is 8. The minimum atomic E-state index is 0.389. The van der Waals surface area contributed by atoms with Gasteiger partial charge < -0.3 is 0 Å². The van der Waals surface area contributed by atoms with E-state index in [4.69, 9.17) is 0 Å². The molecule has 0 bridgehead atoms. The average Bonchev–Trinajstić information content (AvgIpc) is 2.29. The predicted octanol–water partition coefficient (Wildman–Crippen LogP) is 6.49. The lowest BCUT2D eigenvalue weighted by molar-refractivity contribution is 0.151. The highest BCUT2D eigenvalue weighted by Gasteiger charge is 2.29. The molecule has 0 aliphatic heterocycles. The number of hydrogen-bond donors (Lipinski definition) is 0. The van der Waals surface area contributed by atoms with Crippen molar-refractivity contribution in [3.63, 3.8) is 0 Å². The first-order valence-corrected chi connectivity index (χ1v) is 7.94. The van der Waals surface area contributed by atoms with Gasteiger partial charge in [0.2, 0.25) is 0 Å². The summed E-state index contributed by atoms with van der Waals surface area (Å²) in [6, 6.07) is 0. The standard InChI is InChI=1S/C19H36/c1-10-18(11-2)16(6)13-19(8,9)17(7)12-15(5)14(3)4/h10-11,14-17H,1,12-13H2,2-9H3. The summed E-state index contributed by atoms with van der Waals surface area (Å²) in [5, 5.41) is 0. The first-order chi connectivity index (χ1) is 8.65. The third-order valence-corrected chi connectivity index (χ3v) is 5.17. The topological polar surface area (TPSA) is 0 Å². The van der Waals surface area contributed by atoms with E-state index in [1.165, 1.54) is 18.4 Å². The Hall–Kier alpha value is -0.520. The lowest BCUT2D eigenvalue weighted by Gasteiger charge is -2.37. The SMILES string of the molecule is C=CC(=CC)C(C)CC(C)(C)C(C)CC(C)C(C)C. The molecule has 0 aliphatic rings. The molecule has 0 amide bonds. The van der Waals surface area contributed by atoms with Crippen molar-refractivity contribution in [1.29, 1.82) is 0 Å². The first-order valence-electron chi connectivity index (χ1n) is 7.94. The zero-order valence-corrected chi connectivity index (χ0v) is 14.6. The lowest BCUT2D eigenvalue weighted by atomic mass is 9.69. The molecule has 0 aliphatic carbocycles. The number of allylic oxidation sites excluding steroid dienone is 3. The van der Waals surface area contributed by atoms with Gasteiger partial charge in [0.25, 0.3) is 0 Å². The molecule has 0 fully saturated rings. The Balaban J connectivity index is 4.64. The molecule has 0 spiro atoms. The molecular weight excluding hydrogens is 228 g/mol. The molecule has 0 nitrogen and oxygen atoms in total. The van der Waals surface area contributed by atoms with E-state index in [0.29, 0.717) is 11.3 Å². The molecule has 0 heterocycles. The first kappa shape index (κ1) is 18.5. The Kier molecular flexibility index (Phi) is 7.71. The fourth-order valence-corrected chi connectivity index (χ4v) is 2.86. The molecule has 0 aromatic carbocycles. The van der Waals surface area contributed by atoms with Crippen molar-refractivity contribution >= 4 is 0 Å². The molecule has 3 unspecified atom stereocenters. The second-order valence-corrected chi connectivity index (χ2v) is 7.44. The number of hydrogen-bond acceptors (Lipinski definition) is 0. The molecule has 0 aromatic rings. The normalized spacial score (nSPS) is 18.3. The summed E-state index contributed by atoms with van der Waals surface area (Å²) < 4.78 is 0. The molecule has 3 atom stereocenters. The second-order valence-electron chi connectivity index (χ2n) is 7.44. The highest BCUT2D eigenvalue weighted by atomic mass is 14.3. The van der Waals surface area contributed by atoms with E-state index in [9.17, 15) is 0 Å². The molecule has 0 saturated carbocycles. The molecule has 19 heavy (non-hydrogen) atoms. The third-order valence-electron chi connectivity index (χ3n) is 5.17. The van der Waals surface area contributed by atoms with Crippen LogP contribution in [0.15, 0.2) is 24.3 Å². The van der Waals surface area contributed by atoms with Crippen molar-refractivity contribution in [3.8, 4) is 0 Å². The molecule has 0 radical (unpaired) electrons. The van der Waals surface area contributed by atoms with Crippen molar-refractivity contribution in [2.75, 3.05) is 0 Å². The third kappa shape index (κ3) is 5.97. The van der Waals surface area contributed by atoms with E-state index in [1.807, 2.05) is 6.08 Å². The second kappa shape index (κ2) is 7.92. The van der Waals surface area contributed by atoms with Crippen molar-refractivity contribution in [2.45, 2.75) is 68.2 Å². The van der Waals surface area contributed by atoms with Gasteiger partial charge in [0.05, 0.1) is 0 Å². The fourth-order valence-electron chi connectivity index (χ4n) is 2.86. The van der Waals surface area contributed by atoms with Crippen LogP contribution < -0.4 is 0 Å². The van der Waals surface area contributed by atoms with E-state index in [-0.39, 0.29) is 0 Å². The summed E-state index contributed by atoms with van der Waals surface area (Å²) in [5.41, 5.74) is 1.78. The molecular formula is C19H36. The molecule has 0 heteroatoms. The predicted molar refractivity (Wildman–Crippen MR) is 89.3 cm³/mol. The Bertz CT molecular complexity index is 293. The summed E-state index contributed by atoms with van der Waals surface area (Å²) in [6.45, 7) is 22.7. The summed E-state index contributed by atoms with van der Waals surface area (Å²) in [6.07, 6.45) is 6.79. The Morgan fingerprint density at radius 1 is 1.11 bits per heavy atom. The zero-order chi connectivity index (χ0) is 15.2. The van der Waals surface area contributed by atoms with E-state index in [2.05, 4.69) is 68.0 Å². The minimum Gasteiger partial charge on any atom is -0.0988 e. The van der Waals surface area contributed by atoms with Gasteiger partial charge in [-0.3, -0.25) is 0 Å². The smallest absolute Gasteiger partial charge is 0.0189 e. The fraction of sp³-hybridized carbons (Fsp3) is 0.789. The summed E-state index contributed by atoms with van der Waals surface area (Å²) in [5.74, 6) is 2.96. The molecule has 0 N–H and O–H groups in total. The summed E-state index contributed by atoms with van der Waals surface area (Å²) in [7, 11) is 0. The van der Waals surface area contributed by atoms with E-state index >= 15 is 0 Å².